The van der Waals surface area contributed by atoms with E-state index in [-0.39, 0.29) is 5.41 Å². The Bertz CT molecular complexity index is 733. The molecule has 0 N–H and O–H groups in total. The first kappa shape index (κ1) is 14.9. The SMILES string of the molecule is O=C1c2cc(Cl)ccc2CC12CCN(Cc1ccccc1)CC2. The van der Waals surface area contributed by atoms with Crippen molar-refractivity contribution in [1.29, 1.82) is 0 Å². The summed E-state index contributed by atoms with van der Waals surface area (Å²) in [5.41, 5.74) is 3.20. The minimum absolute atomic E-state index is 0.180. The van der Waals surface area contributed by atoms with Gasteiger partial charge in [-0.1, -0.05) is 48.0 Å². The maximum absolute atomic E-state index is 12.9. The smallest absolute Gasteiger partial charge is 0.169 e. The van der Waals surface area contributed by atoms with E-state index in [4.69, 9.17) is 11.6 Å². The molecule has 2 aromatic rings. The molecule has 2 nitrogen and oxygen atoms in total. The summed E-state index contributed by atoms with van der Waals surface area (Å²) >= 11 is 6.07. The van der Waals surface area contributed by atoms with E-state index in [0.717, 1.165) is 44.5 Å². The highest BCUT2D eigenvalue weighted by Crippen LogP contribution is 2.45. The molecule has 1 spiro atoms. The normalized spacial score (nSPS) is 20.0. The van der Waals surface area contributed by atoms with Gasteiger partial charge in [0.1, 0.15) is 0 Å². The van der Waals surface area contributed by atoms with E-state index in [9.17, 15) is 4.79 Å². The summed E-state index contributed by atoms with van der Waals surface area (Å²) in [5, 5.41) is 0.663. The summed E-state index contributed by atoms with van der Waals surface area (Å²) in [6, 6.07) is 16.3. The molecular weight excluding hydrogens is 306 g/mol. The zero-order valence-corrected chi connectivity index (χ0v) is 13.9. The van der Waals surface area contributed by atoms with E-state index in [1.165, 1.54) is 11.1 Å². The number of likely N-dealkylation sites (tertiary alicyclic amines) is 1. The summed E-state index contributed by atoms with van der Waals surface area (Å²) < 4.78 is 0. The van der Waals surface area contributed by atoms with Crippen molar-refractivity contribution in [2.24, 2.45) is 5.41 Å². The van der Waals surface area contributed by atoms with Crippen molar-refractivity contribution in [1.82, 2.24) is 4.90 Å². The van der Waals surface area contributed by atoms with Gasteiger partial charge in [-0.15, -0.1) is 0 Å². The summed E-state index contributed by atoms with van der Waals surface area (Å²) in [7, 11) is 0. The van der Waals surface area contributed by atoms with E-state index >= 15 is 0 Å². The molecule has 1 aliphatic carbocycles. The zero-order valence-electron chi connectivity index (χ0n) is 13.1. The fraction of sp³-hybridized carbons (Fsp3) is 0.350. The highest BCUT2D eigenvalue weighted by atomic mass is 35.5. The highest BCUT2D eigenvalue weighted by Gasteiger charge is 2.46. The van der Waals surface area contributed by atoms with Gasteiger partial charge in [-0.3, -0.25) is 9.69 Å². The Labute approximate surface area is 142 Å². The van der Waals surface area contributed by atoms with Gasteiger partial charge >= 0.3 is 0 Å². The molecule has 118 valence electrons. The molecule has 23 heavy (non-hydrogen) atoms. The van der Waals surface area contributed by atoms with Crippen LogP contribution in [-0.4, -0.2) is 23.8 Å². The molecule has 0 saturated carbocycles. The second-order valence-corrected chi connectivity index (χ2v) is 7.29. The van der Waals surface area contributed by atoms with Gasteiger partial charge < -0.3 is 0 Å². The number of carbonyl (C=O) groups excluding carboxylic acids is 1. The van der Waals surface area contributed by atoms with Gasteiger partial charge in [0.25, 0.3) is 0 Å². The van der Waals surface area contributed by atoms with Crippen LogP contribution in [-0.2, 0) is 13.0 Å². The summed E-state index contributed by atoms with van der Waals surface area (Å²) in [5.74, 6) is 0.314. The standard InChI is InChI=1S/C20H20ClNO/c21-17-7-6-16-13-20(19(23)18(16)12-17)8-10-22(11-9-20)14-15-4-2-1-3-5-15/h1-7,12H,8-11,13-14H2. The Morgan fingerprint density at radius 3 is 2.52 bits per heavy atom. The van der Waals surface area contributed by atoms with Crippen molar-refractivity contribution in [2.45, 2.75) is 25.8 Å². The van der Waals surface area contributed by atoms with E-state index in [2.05, 4.69) is 29.2 Å². The summed E-state index contributed by atoms with van der Waals surface area (Å²) in [4.78, 5) is 15.4. The number of rotatable bonds is 2. The molecular formula is C20H20ClNO. The largest absolute Gasteiger partial charge is 0.299 e. The number of halogens is 1. The number of Topliss-reactive ketones (excluding diaryl/α,β-unsaturated/α-hetero) is 1. The number of piperidine rings is 1. The molecule has 0 atom stereocenters. The first-order valence-electron chi connectivity index (χ1n) is 8.26. The fourth-order valence-corrected chi connectivity index (χ4v) is 4.20. The molecule has 0 amide bonds. The Morgan fingerprint density at radius 1 is 1.04 bits per heavy atom. The topological polar surface area (TPSA) is 20.3 Å². The number of nitrogens with zero attached hydrogens (tertiary/aromatic N) is 1. The van der Waals surface area contributed by atoms with Crippen LogP contribution in [0.15, 0.2) is 48.5 Å². The first-order chi connectivity index (χ1) is 11.2. The van der Waals surface area contributed by atoms with Crippen LogP contribution in [0.5, 0.6) is 0 Å². The molecule has 0 bridgehead atoms. The third-order valence-electron chi connectivity index (χ3n) is 5.39. The monoisotopic (exact) mass is 325 g/mol. The Hall–Kier alpha value is -1.64. The Morgan fingerprint density at radius 2 is 1.78 bits per heavy atom. The van der Waals surface area contributed by atoms with Gasteiger partial charge in [0.05, 0.1) is 0 Å². The van der Waals surface area contributed by atoms with Gasteiger partial charge in [-0.2, -0.15) is 0 Å². The first-order valence-corrected chi connectivity index (χ1v) is 8.64. The molecule has 1 saturated heterocycles. The third kappa shape index (κ3) is 2.71. The second-order valence-electron chi connectivity index (χ2n) is 6.85. The van der Waals surface area contributed by atoms with Crippen LogP contribution in [0.2, 0.25) is 5.02 Å². The third-order valence-corrected chi connectivity index (χ3v) is 5.62. The molecule has 1 aliphatic heterocycles. The van der Waals surface area contributed by atoms with Crippen LogP contribution in [0.3, 0.4) is 0 Å². The van der Waals surface area contributed by atoms with Gasteiger partial charge in [0.15, 0.2) is 5.78 Å². The quantitative estimate of drug-likeness (QED) is 0.817. The van der Waals surface area contributed by atoms with Crippen LogP contribution in [0.4, 0.5) is 0 Å². The Kier molecular flexibility index (Phi) is 3.74. The number of ketones is 1. The predicted octanol–water partition coefficient (Wildman–Crippen LogP) is 4.36. The lowest BCUT2D eigenvalue weighted by Crippen LogP contribution is -2.42. The van der Waals surface area contributed by atoms with Crippen LogP contribution in [0, 0.1) is 5.41 Å². The van der Waals surface area contributed by atoms with Crippen molar-refractivity contribution in [2.75, 3.05) is 13.1 Å². The van der Waals surface area contributed by atoms with Gasteiger partial charge in [-0.05, 0) is 55.6 Å². The number of carbonyl (C=O) groups is 1. The number of hydrogen-bond donors (Lipinski definition) is 0. The minimum atomic E-state index is -0.180. The van der Waals surface area contributed by atoms with E-state index < -0.39 is 0 Å². The van der Waals surface area contributed by atoms with Crippen LogP contribution in [0.25, 0.3) is 0 Å². The Balaban J connectivity index is 1.47. The lowest BCUT2D eigenvalue weighted by Gasteiger charge is -2.38. The molecule has 0 unspecified atom stereocenters. The van der Waals surface area contributed by atoms with E-state index in [0.29, 0.717) is 10.8 Å². The van der Waals surface area contributed by atoms with Crippen molar-refractivity contribution in [3.8, 4) is 0 Å². The lowest BCUT2D eigenvalue weighted by atomic mass is 9.75. The van der Waals surface area contributed by atoms with Crippen LogP contribution >= 0.6 is 11.6 Å². The van der Waals surface area contributed by atoms with E-state index in [1.54, 1.807) is 0 Å². The minimum Gasteiger partial charge on any atom is -0.299 e. The average Bonchev–Trinajstić information content (AvgIpc) is 2.83. The zero-order chi connectivity index (χ0) is 15.9. The van der Waals surface area contributed by atoms with Crippen molar-refractivity contribution in [3.05, 3.63) is 70.2 Å². The number of benzene rings is 2. The van der Waals surface area contributed by atoms with Crippen molar-refractivity contribution >= 4 is 17.4 Å². The molecule has 2 aromatic carbocycles. The fourth-order valence-electron chi connectivity index (χ4n) is 4.03. The summed E-state index contributed by atoms with van der Waals surface area (Å²) in [6.07, 6.45) is 2.79. The van der Waals surface area contributed by atoms with Crippen LogP contribution < -0.4 is 0 Å². The molecule has 4 rings (SSSR count). The van der Waals surface area contributed by atoms with Gasteiger partial charge in [-0.25, -0.2) is 0 Å². The lowest BCUT2D eigenvalue weighted by molar-refractivity contribution is 0.0623. The molecule has 0 radical (unpaired) electrons. The van der Waals surface area contributed by atoms with Crippen LogP contribution in [0.1, 0.15) is 34.3 Å². The maximum atomic E-state index is 12.9. The summed E-state index contributed by atoms with van der Waals surface area (Å²) in [6.45, 7) is 2.95. The van der Waals surface area contributed by atoms with Crippen molar-refractivity contribution in [3.63, 3.8) is 0 Å². The number of hydrogen-bond acceptors (Lipinski definition) is 2. The molecule has 3 heteroatoms. The van der Waals surface area contributed by atoms with Gasteiger partial charge in [0.2, 0.25) is 0 Å². The average molecular weight is 326 g/mol. The molecule has 1 fully saturated rings. The van der Waals surface area contributed by atoms with E-state index in [1.807, 2.05) is 24.3 Å². The van der Waals surface area contributed by atoms with Gasteiger partial charge in [0, 0.05) is 22.5 Å². The molecule has 0 aromatic heterocycles. The maximum Gasteiger partial charge on any atom is 0.169 e. The number of fused-ring (bicyclic) bond motifs is 1. The second kappa shape index (κ2) is 5.77. The molecule has 1 heterocycles. The van der Waals surface area contributed by atoms with Crippen molar-refractivity contribution < 1.29 is 4.79 Å². The highest BCUT2D eigenvalue weighted by molar-refractivity contribution is 6.31. The molecule has 2 aliphatic rings. The predicted molar refractivity (Wildman–Crippen MR) is 92.9 cm³/mol.